The molecule has 1 aliphatic carbocycles. The number of methoxy groups -OCH3 is 1. The second-order valence-corrected chi connectivity index (χ2v) is 8.28. The van der Waals surface area contributed by atoms with Gasteiger partial charge in [-0.2, -0.15) is 0 Å². The van der Waals surface area contributed by atoms with Crippen LogP contribution in [0.5, 0.6) is 11.5 Å². The van der Waals surface area contributed by atoms with Crippen molar-refractivity contribution in [2.45, 2.75) is 38.6 Å². The van der Waals surface area contributed by atoms with Crippen molar-refractivity contribution in [1.29, 1.82) is 0 Å². The normalized spacial score (nSPS) is 20.2. The van der Waals surface area contributed by atoms with Crippen molar-refractivity contribution in [3.05, 3.63) is 71.9 Å². The largest absolute Gasteiger partial charge is 0.493 e. The number of nitrogens with zero attached hydrogens (tertiary/aromatic N) is 1. The molecule has 0 radical (unpaired) electrons. The summed E-state index contributed by atoms with van der Waals surface area (Å²) in [4.78, 5) is 28.1. The summed E-state index contributed by atoms with van der Waals surface area (Å²) in [6.07, 6.45) is 5.63. The third kappa shape index (κ3) is 4.49. The molecule has 1 unspecified atom stereocenters. The standard InChI is InChI=1S/C26H30N2O4/c1-31-21-11-5-6-12-22(21)32-18-17-27-25(30)26-15-8-7-13-23(26)28(24(29)14-16-26)19-20-9-3-2-4-10-20/h2-6,9-13H,7-8,14-19H2,1H3,(H,27,30). The lowest BCUT2D eigenvalue weighted by atomic mass is 9.69. The molecular weight excluding hydrogens is 404 g/mol. The smallest absolute Gasteiger partial charge is 0.232 e. The van der Waals surface area contributed by atoms with Gasteiger partial charge < -0.3 is 19.7 Å². The summed E-state index contributed by atoms with van der Waals surface area (Å²) < 4.78 is 11.1. The Bertz CT molecular complexity index is 988. The maximum atomic E-state index is 13.4. The van der Waals surface area contributed by atoms with Crippen molar-refractivity contribution in [3.63, 3.8) is 0 Å². The van der Waals surface area contributed by atoms with Gasteiger partial charge in [-0.15, -0.1) is 0 Å². The number of hydrogen-bond acceptors (Lipinski definition) is 4. The minimum absolute atomic E-state index is 0.0161. The summed E-state index contributed by atoms with van der Waals surface area (Å²) in [6.45, 7) is 1.23. The Hall–Kier alpha value is -3.28. The molecule has 0 spiro atoms. The Morgan fingerprint density at radius 3 is 2.59 bits per heavy atom. The monoisotopic (exact) mass is 434 g/mol. The molecule has 0 bridgehead atoms. The first kappa shape index (κ1) is 21.9. The molecule has 1 saturated heterocycles. The van der Waals surface area contributed by atoms with Crippen molar-refractivity contribution in [2.75, 3.05) is 20.3 Å². The van der Waals surface area contributed by atoms with Gasteiger partial charge in [0.05, 0.1) is 25.6 Å². The Morgan fingerprint density at radius 2 is 1.81 bits per heavy atom. The molecule has 32 heavy (non-hydrogen) atoms. The van der Waals surface area contributed by atoms with Crippen LogP contribution in [0.1, 0.15) is 37.7 Å². The van der Waals surface area contributed by atoms with E-state index in [4.69, 9.17) is 9.47 Å². The van der Waals surface area contributed by atoms with Crippen molar-refractivity contribution < 1.29 is 19.1 Å². The number of para-hydroxylation sites is 2. The number of carbonyl (C=O) groups is 2. The average Bonchev–Trinajstić information content (AvgIpc) is 2.84. The summed E-state index contributed by atoms with van der Waals surface area (Å²) in [6, 6.07) is 17.4. The second-order valence-electron chi connectivity index (χ2n) is 8.28. The van der Waals surface area contributed by atoms with Gasteiger partial charge in [-0.1, -0.05) is 48.5 Å². The molecule has 1 atom stereocenters. The number of fused-ring (bicyclic) bond motifs is 1. The summed E-state index contributed by atoms with van der Waals surface area (Å²) in [5.74, 6) is 1.39. The van der Waals surface area contributed by atoms with Gasteiger partial charge >= 0.3 is 0 Å². The number of nitrogens with one attached hydrogen (secondary N) is 1. The van der Waals surface area contributed by atoms with Gasteiger partial charge in [-0.25, -0.2) is 0 Å². The molecule has 0 saturated carbocycles. The van der Waals surface area contributed by atoms with Gasteiger partial charge in [0.15, 0.2) is 11.5 Å². The van der Waals surface area contributed by atoms with Crippen LogP contribution in [0, 0.1) is 5.41 Å². The summed E-state index contributed by atoms with van der Waals surface area (Å²) in [5.41, 5.74) is 1.28. The Morgan fingerprint density at radius 1 is 1.06 bits per heavy atom. The number of carbonyl (C=O) groups excluding carboxylic acids is 2. The van der Waals surface area contributed by atoms with E-state index in [-0.39, 0.29) is 11.8 Å². The minimum Gasteiger partial charge on any atom is -0.493 e. The molecule has 2 aromatic carbocycles. The van der Waals surface area contributed by atoms with E-state index in [1.807, 2.05) is 59.5 Å². The van der Waals surface area contributed by atoms with Crippen LogP contribution in [0.3, 0.4) is 0 Å². The van der Waals surface area contributed by atoms with E-state index in [1.165, 1.54) is 0 Å². The Balaban J connectivity index is 1.43. The lowest BCUT2D eigenvalue weighted by Crippen LogP contribution is -2.53. The molecular formula is C26H30N2O4. The molecule has 2 aromatic rings. The third-order valence-electron chi connectivity index (χ3n) is 6.33. The maximum absolute atomic E-state index is 13.4. The fourth-order valence-corrected chi connectivity index (χ4v) is 4.69. The number of rotatable bonds is 8. The van der Waals surface area contributed by atoms with Crippen molar-refractivity contribution >= 4 is 11.8 Å². The van der Waals surface area contributed by atoms with Gasteiger partial charge in [0.1, 0.15) is 6.61 Å². The van der Waals surface area contributed by atoms with E-state index >= 15 is 0 Å². The quantitative estimate of drug-likeness (QED) is 0.636. The molecule has 1 aliphatic heterocycles. The zero-order chi connectivity index (χ0) is 22.4. The van der Waals surface area contributed by atoms with Crippen LogP contribution in [-0.2, 0) is 16.1 Å². The lowest BCUT2D eigenvalue weighted by molar-refractivity contribution is -0.141. The van der Waals surface area contributed by atoms with E-state index in [2.05, 4.69) is 11.4 Å². The van der Waals surface area contributed by atoms with Crippen LogP contribution >= 0.6 is 0 Å². The van der Waals surface area contributed by atoms with E-state index in [0.717, 1.165) is 30.5 Å². The molecule has 2 amide bonds. The highest BCUT2D eigenvalue weighted by Gasteiger charge is 2.49. The molecule has 4 rings (SSSR count). The van der Waals surface area contributed by atoms with E-state index in [0.29, 0.717) is 44.0 Å². The highest BCUT2D eigenvalue weighted by atomic mass is 16.5. The van der Waals surface area contributed by atoms with Gasteiger partial charge in [-0.3, -0.25) is 9.59 Å². The van der Waals surface area contributed by atoms with Crippen LogP contribution in [-0.4, -0.2) is 37.0 Å². The van der Waals surface area contributed by atoms with E-state index < -0.39 is 5.41 Å². The number of hydrogen-bond donors (Lipinski definition) is 1. The molecule has 2 aliphatic rings. The molecule has 0 aromatic heterocycles. The summed E-state index contributed by atoms with van der Waals surface area (Å²) >= 11 is 0. The van der Waals surface area contributed by atoms with Crippen LogP contribution in [0.15, 0.2) is 66.4 Å². The van der Waals surface area contributed by atoms with Gasteiger partial charge in [-0.05, 0) is 43.4 Å². The van der Waals surface area contributed by atoms with E-state index in [9.17, 15) is 9.59 Å². The summed E-state index contributed by atoms with van der Waals surface area (Å²) in [5, 5.41) is 3.07. The minimum atomic E-state index is -0.647. The summed E-state index contributed by atoms with van der Waals surface area (Å²) in [7, 11) is 1.60. The van der Waals surface area contributed by atoms with E-state index in [1.54, 1.807) is 7.11 Å². The number of ether oxygens (including phenoxy) is 2. The zero-order valence-electron chi connectivity index (χ0n) is 18.5. The third-order valence-corrected chi connectivity index (χ3v) is 6.33. The molecule has 168 valence electrons. The molecule has 1 N–H and O–H groups in total. The van der Waals surface area contributed by atoms with Gasteiger partial charge in [0.2, 0.25) is 11.8 Å². The maximum Gasteiger partial charge on any atom is 0.232 e. The molecule has 6 nitrogen and oxygen atoms in total. The van der Waals surface area contributed by atoms with Gasteiger partial charge in [0.25, 0.3) is 0 Å². The number of piperidine rings is 1. The average molecular weight is 435 g/mol. The molecule has 1 fully saturated rings. The van der Waals surface area contributed by atoms with Crippen molar-refractivity contribution in [1.82, 2.24) is 10.2 Å². The fourth-order valence-electron chi connectivity index (χ4n) is 4.69. The van der Waals surface area contributed by atoms with Crippen LogP contribution < -0.4 is 14.8 Å². The predicted octanol–water partition coefficient (Wildman–Crippen LogP) is 4.07. The zero-order valence-corrected chi connectivity index (χ0v) is 18.5. The first-order valence-corrected chi connectivity index (χ1v) is 11.2. The SMILES string of the molecule is COc1ccccc1OCCNC(=O)C12CCCC=C1N(Cc1ccccc1)C(=O)CC2. The fraction of sp³-hybridized carbons (Fsp3) is 0.385. The van der Waals surface area contributed by atoms with Crippen molar-refractivity contribution in [3.8, 4) is 11.5 Å². The first-order chi connectivity index (χ1) is 15.6. The number of likely N-dealkylation sites (tertiary alicyclic amines) is 1. The number of benzene rings is 2. The van der Waals surface area contributed by atoms with Crippen LogP contribution in [0.2, 0.25) is 0 Å². The highest BCUT2D eigenvalue weighted by Crippen LogP contribution is 2.47. The number of allylic oxidation sites excluding steroid dienone is 1. The van der Waals surface area contributed by atoms with Crippen LogP contribution in [0.4, 0.5) is 0 Å². The second kappa shape index (κ2) is 9.90. The predicted molar refractivity (Wildman–Crippen MR) is 122 cm³/mol. The lowest BCUT2D eigenvalue weighted by Gasteiger charge is -2.46. The first-order valence-electron chi connectivity index (χ1n) is 11.2. The van der Waals surface area contributed by atoms with Crippen molar-refractivity contribution in [2.24, 2.45) is 5.41 Å². The molecule has 1 heterocycles. The van der Waals surface area contributed by atoms with Gasteiger partial charge in [0, 0.05) is 12.1 Å². The Kier molecular flexibility index (Phi) is 6.78. The number of amides is 2. The molecule has 6 heteroatoms. The topological polar surface area (TPSA) is 67.9 Å². The van der Waals surface area contributed by atoms with Crippen LogP contribution in [0.25, 0.3) is 0 Å². The Labute approximate surface area is 189 Å². The highest BCUT2D eigenvalue weighted by molar-refractivity contribution is 5.91.